The highest BCUT2D eigenvalue weighted by Crippen LogP contribution is 2.38. The quantitative estimate of drug-likeness (QED) is 0.394. The maximum absolute atomic E-state index is 9.00. The molecule has 1 fully saturated rings. The number of hydrogen-bond acceptors (Lipinski definition) is 5. The van der Waals surface area contributed by atoms with Gasteiger partial charge in [0.2, 0.25) is 0 Å². The Bertz CT molecular complexity index is 690. The number of amidine groups is 1. The van der Waals surface area contributed by atoms with Crippen LogP contribution in [-0.4, -0.2) is 34.0 Å². The van der Waals surface area contributed by atoms with Gasteiger partial charge in [-0.3, -0.25) is 4.98 Å². The highest BCUT2D eigenvalue weighted by Gasteiger charge is 2.27. The van der Waals surface area contributed by atoms with E-state index in [9.17, 15) is 0 Å². The van der Waals surface area contributed by atoms with E-state index < -0.39 is 0 Å². The molecule has 0 amide bonds. The van der Waals surface area contributed by atoms with Crippen molar-refractivity contribution in [2.75, 3.05) is 6.61 Å². The molecular formula is C15H17N3O2S. The summed E-state index contributed by atoms with van der Waals surface area (Å²) in [7, 11) is 0. The van der Waals surface area contributed by atoms with Crippen molar-refractivity contribution in [3.63, 3.8) is 0 Å². The fourth-order valence-corrected chi connectivity index (χ4v) is 3.87. The smallest absolute Gasteiger partial charge is 0.172 e. The normalized spacial score (nSPS) is 22.8. The van der Waals surface area contributed by atoms with E-state index in [0.717, 1.165) is 28.8 Å². The van der Waals surface area contributed by atoms with Gasteiger partial charge in [-0.2, -0.15) is 0 Å². The van der Waals surface area contributed by atoms with Crippen LogP contribution in [0, 0.1) is 0 Å². The van der Waals surface area contributed by atoms with Crippen molar-refractivity contribution < 1.29 is 9.94 Å². The molecule has 1 aromatic heterocycles. The summed E-state index contributed by atoms with van der Waals surface area (Å²) in [6.07, 6.45) is 2.86. The Morgan fingerprint density at radius 1 is 1.48 bits per heavy atom. The van der Waals surface area contributed by atoms with Crippen LogP contribution in [0.4, 0.5) is 0 Å². The van der Waals surface area contributed by atoms with Gasteiger partial charge < -0.3 is 15.7 Å². The fraction of sp³-hybridized carbons (Fsp3) is 0.333. The molecule has 2 atom stereocenters. The van der Waals surface area contributed by atoms with Gasteiger partial charge in [0.25, 0.3) is 0 Å². The van der Waals surface area contributed by atoms with E-state index in [4.69, 9.17) is 15.7 Å². The molecule has 2 heterocycles. The van der Waals surface area contributed by atoms with Crippen molar-refractivity contribution in [2.45, 2.75) is 29.6 Å². The molecule has 110 valence electrons. The van der Waals surface area contributed by atoms with Crippen LogP contribution in [0.15, 0.2) is 40.5 Å². The van der Waals surface area contributed by atoms with Gasteiger partial charge in [0.1, 0.15) is 0 Å². The van der Waals surface area contributed by atoms with Crippen molar-refractivity contribution in [3.8, 4) is 0 Å². The van der Waals surface area contributed by atoms with Crippen molar-refractivity contribution in [1.82, 2.24) is 4.98 Å². The lowest BCUT2D eigenvalue weighted by molar-refractivity contribution is 0.127. The van der Waals surface area contributed by atoms with Gasteiger partial charge >= 0.3 is 0 Å². The standard InChI is InChI=1S/C15H17N3O2S/c1-9-13(6-7-20-9)21-14-10-4-2-3-5-12(10)17-8-11(14)15(16)18-19/h2-5,8-9,13,19H,6-7H2,1H3,(H2,16,18). The Balaban J connectivity index is 2.11. The monoisotopic (exact) mass is 303 g/mol. The molecule has 1 aromatic carbocycles. The number of aromatic nitrogens is 1. The number of oxime groups is 1. The molecule has 5 nitrogen and oxygen atoms in total. The number of benzene rings is 1. The average molecular weight is 303 g/mol. The first-order valence-electron chi connectivity index (χ1n) is 6.84. The number of ether oxygens (including phenoxy) is 1. The number of fused-ring (bicyclic) bond motifs is 1. The summed E-state index contributed by atoms with van der Waals surface area (Å²) >= 11 is 1.72. The lowest BCUT2D eigenvalue weighted by atomic mass is 10.1. The van der Waals surface area contributed by atoms with Gasteiger partial charge in [0.05, 0.1) is 17.2 Å². The largest absolute Gasteiger partial charge is 0.409 e. The van der Waals surface area contributed by atoms with Crippen LogP contribution < -0.4 is 5.73 Å². The van der Waals surface area contributed by atoms with Crippen molar-refractivity contribution in [2.24, 2.45) is 10.9 Å². The fourth-order valence-electron chi connectivity index (χ4n) is 2.50. The molecule has 3 rings (SSSR count). The first kappa shape index (κ1) is 14.2. The molecule has 0 saturated carbocycles. The molecule has 6 heteroatoms. The first-order chi connectivity index (χ1) is 10.2. The molecule has 0 aliphatic carbocycles. The van der Waals surface area contributed by atoms with Crippen molar-refractivity contribution >= 4 is 28.5 Å². The molecule has 1 aliphatic rings. The van der Waals surface area contributed by atoms with E-state index in [0.29, 0.717) is 10.8 Å². The molecule has 2 unspecified atom stereocenters. The Labute approximate surface area is 127 Å². The minimum atomic E-state index is 0.0855. The second-order valence-corrected chi connectivity index (χ2v) is 6.27. The summed E-state index contributed by atoms with van der Waals surface area (Å²) in [5.74, 6) is 0.0855. The van der Waals surface area contributed by atoms with Gasteiger partial charge in [0, 0.05) is 28.3 Å². The second-order valence-electron chi connectivity index (χ2n) is 5.02. The van der Waals surface area contributed by atoms with E-state index in [1.165, 1.54) is 0 Å². The predicted molar refractivity (Wildman–Crippen MR) is 83.9 cm³/mol. The first-order valence-corrected chi connectivity index (χ1v) is 7.72. The summed E-state index contributed by atoms with van der Waals surface area (Å²) < 4.78 is 5.63. The summed E-state index contributed by atoms with van der Waals surface area (Å²) in [5, 5.41) is 13.5. The Morgan fingerprint density at radius 3 is 3.00 bits per heavy atom. The molecule has 3 N–H and O–H groups in total. The molecular weight excluding hydrogens is 286 g/mol. The highest BCUT2D eigenvalue weighted by molar-refractivity contribution is 8.00. The zero-order valence-corrected chi connectivity index (χ0v) is 12.5. The number of hydrogen-bond donors (Lipinski definition) is 2. The molecule has 0 spiro atoms. The van der Waals surface area contributed by atoms with Crippen LogP contribution in [0.1, 0.15) is 18.9 Å². The molecule has 0 radical (unpaired) electrons. The topological polar surface area (TPSA) is 80.7 Å². The summed E-state index contributed by atoms with van der Waals surface area (Å²) in [6, 6.07) is 7.90. The number of nitrogens with two attached hydrogens (primary N) is 1. The van der Waals surface area contributed by atoms with E-state index in [-0.39, 0.29) is 11.9 Å². The molecule has 0 bridgehead atoms. The van der Waals surface area contributed by atoms with E-state index >= 15 is 0 Å². The van der Waals surface area contributed by atoms with E-state index in [2.05, 4.69) is 17.1 Å². The third kappa shape index (κ3) is 2.69. The Hall–Kier alpha value is -1.79. The maximum Gasteiger partial charge on any atom is 0.172 e. The van der Waals surface area contributed by atoms with Crippen LogP contribution >= 0.6 is 11.8 Å². The summed E-state index contributed by atoms with van der Waals surface area (Å²) in [4.78, 5) is 5.39. The predicted octanol–water partition coefficient (Wildman–Crippen LogP) is 2.60. The lowest BCUT2D eigenvalue weighted by Gasteiger charge is -2.17. The van der Waals surface area contributed by atoms with Crippen LogP contribution in [0.2, 0.25) is 0 Å². The number of nitrogens with zero attached hydrogens (tertiary/aromatic N) is 2. The van der Waals surface area contributed by atoms with Gasteiger partial charge in [-0.25, -0.2) is 0 Å². The highest BCUT2D eigenvalue weighted by atomic mass is 32.2. The summed E-state index contributed by atoms with van der Waals surface area (Å²) in [5.41, 5.74) is 7.38. The zero-order chi connectivity index (χ0) is 14.8. The third-order valence-electron chi connectivity index (χ3n) is 3.69. The number of thioether (sulfide) groups is 1. The van der Waals surface area contributed by atoms with Crippen LogP contribution in [0.5, 0.6) is 0 Å². The van der Waals surface area contributed by atoms with Gasteiger partial charge in [-0.1, -0.05) is 23.4 Å². The zero-order valence-electron chi connectivity index (χ0n) is 11.7. The average Bonchev–Trinajstić information content (AvgIpc) is 2.92. The maximum atomic E-state index is 9.00. The summed E-state index contributed by atoms with van der Waals surface area (Å²) in [6.45, 7) is 2.86. The van der Waals surface area contributed by atoms with Gasteiger partial charge in [-0.15, -0.1) is 11.8 Å². The molecule has 1 aliphatic heterocycles. The molecule has 1 saturated heterocycles. The second kappa shape index (κ2) is 5.91. The number of pyridine rings is 1. The SMILES string of the molecule is CC1OCCC1Sc1c(/C(N)=N/O)cnc2ccccc12. The number of rotatable bonds is 3. The minimum absolute atomic E-state index is 0.0855. The van der Waals surface area contributed by atoms with Crippen LogP contribution in [-0.2, 0) is 4.74 Å². The van der Waals surface area contributed by atoms with Crippen molar-refractivity contribution in [1.29, 1.82) is 0 Å². The third-order valence-corrected chi connectivity index (χ3v) is 5.28. The van der Waals surface area contributed by atoms with E-state index in [1.807, 2.05) is 24.3 Å². The molecule has 21 heavy (non-hydrogen) atoms. The molecule has 2 aromatic rings. The minimum Gasteiger partial charge on any atom is -0.409 e. The lowest BCUT2D eigenvalue weighted by Crippen LogP contribution is -2.18. The Kier molecular flexibility index (Phi) is 3.98. The van der Waals surface area contributed by atoms with Gasteiger partial charge in [0.15, 0.2) is 5.84 Å². The van der Waals surface area contributed by atoms with Crippen molar-refractivity contribution in [3.05, 3.63) is 36.0 Å². The number of para-hydroxylation sites is 1. The van der Waals surface area contributed by atoms with Crippen LogP contribution in [0.25, 0.3) is 10.9 Å². The van der Waals surface area contributed by atoms with Gasteiger partial charge in [-0.05, 0) is 19.4 Å². The van der Waals surface area contributed by atoms with E-state index in [1.54, 1.807) is 18.0 Å². The van der Waals surface area contributed by atoms with Crippen LogP contribution in [0.3, 0.4) is 0 Å². The Morgan fingerprint density at radius 2 is 2.29 bits per heavy atom.